The van der Waals surface area contributed by atoms with E-state index in [-0.39, 0.29) is 10.9 Å². The first-order valence-corrected chi connectivity index (χ1v) is 8.54. The predicted octanol–water partition coefficient (Wildman–Crippen LogP) is 2.81. The van der Waals surface area contributed by atoms with E-state index in [9.17, 15) is 8.42 Å². The second-order valence-corrected chi connectivity index (χ2v) is 7.19. The molecule has 20 heavy (non-hydrogen) atoms. The fraction of sp³-hybridized carbons (Fsp3) is 0.533. The van der Waals surface area contributed by atoms with Gasteiger partial charge < -0.3 is 0 Å². The maximum Gasteiger partial charge on any atom is 0.240 e. The molecule has 108 valence electrons. The first-order chi connectivity index (χ1) is 9.53. The van der Waals surface area contributed by atoms with E-state index in [1.54, 1.807) is 0 Å². The van der Waals surface area contributed by atoms with Gasteiger partial charge in [0.25, 0.3) is 0 Å². The Morgan fingerprint density at radius 3 is 2.45 bits per heavy atom. The molecule has 0 spiro atoms. The highest BCUT2D eigenvalue weighted by Crippen LogP contribution is 2.24. The summed E-state index contributed by atoms with van der Waals surface area (Å²) in [6.45, 7) is 2.11. The van der Waals surface area contributed by atoms with Crippen LogP contribution < -0.4 is 4.72 Å². The molecule has 2 atom stereocenters. The van der Waals surface area contributed by atoms with Gasteiger partial charge in [0.15, 0.2) is 0 Å². The number of rotatable bonds is 3. The number of nitrogens with zero attached hydrogens (tertiary/aromatic N) is 1. The Balaban J connectivity index is 2.15. The molecule has 1 aromatic rings. The Hall–Kier alpha value is -1.38. The first kappa shape index (κ1) is 15.0. The molecule has 1 fully saturated rings. The van der Waals surface area contributed by atoms with E-state index >= 15 is 0 Å². The summed E-state index contributed by atoms with van der Waals surface area (Å²) in [4.78, 5) is 0.230. The quantitative estimate of drug-likeness (QED) is 0.871. The van der Waals surface area contributed by atoms with E-state index in [1.807, 2.05) is 6.07 Å². The van der Waals surface area contributed by atoms with Gasteiger partial charge in [-0.3, -0.25) is 0 Å². The molecule has 0 amide bonds. The van der Waals surface area contributed by atoms with Crippen molar-refractivity contribution in [1.82, 2.24) is 4.72 Å². The average Bonchev–Trinajstić information content (AvgIpc) is 2.64. The van der Waals surface area contributed by atoms with Crippen LogP contribution in [0.1, 0.15) is 44.6 Å². The fourth-order valence-corrected chi connectivity index (χ4v) is 4.02. The third-order valence-electron chi connectivity index (χ3n) is 3.96. The molecule has 0 heterocycles. The van der Waals surface area contributed by atoms with Crippen LogP contribution in [0.3, 0.4) is 0 Å². The lowest BCUT2D eigenvalue weighted by atomic mass is 9.98. The molecule has 2 rings (SSSR count). The van der Waals surface area contributed by atoms with E-state index in [1.165, 1.54) is 37.1 Å². The van der Waals surface area contributed by atoms with Crippen LogP contribution in [-0.2, 0) is 10.0 Å². The lowest BCUT2D eigenvalue weighted by Crippen LogP contribution is -2.38. The Morgan fingerprint density at radius 2 is 1.80 bits per heavy atom. The lowest BCUT2D eigenvalue weighted by Gasteiger charge is -2.22. The van der Waals surface area contributed by atoms with E-state index < -0.39 is 10.0 Å². The smallest absolute Gasteiger partial charge is 0.208 e. The van der Waals surface area contributed by atoms with E-state index in [4.69, 9.17) is 5.26 Å². The van der Waals surface area contributed by atoms with Gasteiger partial charge in [0, 0.05) is 6.04 Å². The number of hydrogen-bond acceptors (Lipinski definition) is 3. The van der Waals surface area contributed by atoms with Crippen LogP contribution in [0.2, 0.25) is 0 Å². The van der Waals surface area contributed by atoms with Crippen molar-refractivity contribution in [3.8, 4) is 6.07 Å². The lowest BCUT2D eigenvalue weighted by molar-refractivity contribution is 0.399. The summed E-state index contributed by atoms with van der Waals surface area (Å²) in [7, 11) is -3.49. The van der Waals surface area contributed by atoms with Gasteiger partial charge in [-0.1, -0.05) is 26.2 Å². The van der Waals surface area contributed by atoms with E-state index in [0.29, 0.717) is 11.5 Å². The molecule has 2 unspecified atom stereocenters. The van der Waals surface area contributed by atoms with Gasteiger partial charge in [0.05, 0.1) is 16.5 Å². The van der Waals surface area contributed by atoms with Crippen molar-refractivity contribution >= 4 is 10.0 Å². The maximum atomic E-state index is 12.4. The first-order valence-electron chi connectivity index (χ1n) is 7.05. The van der Waals surface area contributed by atoms with Crippen LogP contribution in [0, 0.1) is 17.2 Å². The molecule has 5 heteroatoms. The van der Waals surface area contributed by atoms with Crippen LogP contribution in [-0.4, -0.2) is 14.5 Å². The molecule has 1 N–H and O–H groups in total. The van der Waals surface area contributed by atoms with Gasteiger partial charge in [0.2, 0.25) is 10.0 Å². The molecule has 1 aliphatic rings. The number of hydrogen-bond donors (Lipinski definition) is 1. The van der Waals surface area contributed by atoms with Crippen molar-refractivity contribution in [3.05, 3.63) is 29.8 Å². The fourth-order valence-electron chi connectivity index (χ4n) is 2.64. The highest BCUT2D eigenvalue weighted by Gasteiger charge is 2.25. The summed E-state index contributed by atoms with van der Waals surface area (Å²) >= 11 is 0. The SMILES string of the molecule is CC1CCCCCC1NS(=O)(=O)c1ccc(C#N)cc1. The number of sulfonamides is 1. The molecular weight excluding hydrogens is 272 g/mol. The molecule has 1 aliphatic carbocycles. The third kappa shape index (κ3) is 3.59. The average molecular weight is 292 g/mol. The van der Waals surface area contributed by atoms with Gasteiger partial charge in [-0.05, 0) is 43.0 Å². The minimum absolute atomic E-state index is 0.0122. The van der Waals surface area contributed by atoms with E-state index in [2.05, 4.69) is 11.6 Å². The van der Waals surface area contributed by atoms with Crippen molar-refractivity contribution in [2.75, 3.05) is 0 Å². The highest BCUT2D eigenvalue weighted by atomic mass is 32.2. The largest absolute Gasteiger partial charge is 0.240 e. The van der Waals surface area contributed by atoms with Gasteiger partial charge in [-0.25, -0.2) is 13.1 Å². The van der Waals surface area contributed by atoms with Crippen LogP contribution in [0.15, 0.2) is 29.2 Å². The standard InChI is InChI=1S/C15H20N2O2S/c1-12-5-3-2-4-6-15(12)17-20(18,19)14-9-7-13(11-16)8-10-14/h7-10,12,15,17H,2-6H2,1H3. The van der Waals surface area contributed by atoms with Crippen LogP contribution in [0.25, 0.3) is 0 Å². The van der Waals surface area contributed by atoms with Crippen LogP contribution in [0.5, 0.6) is 0 Å². The van der Waals surface area contributed by atoms with Crippen molar-refractivity contribution in [2.24, 2.45) is 5.92 Å². The highest BCUT2D eigenvalue weighted by molar-refractivity contribution is 7.89. The Morgan fingerprint density at radius 1 is 1.15 bits per heavy atom. The van der Waals surface area contributed by atoms with Crippen LogP contribution in [0.4, 0.5) is 0 Å². The zero-order chi connectivity index (χ0) is 14.6. The number of nitriles is 1. The number of nitrogens with one attached hydrogen (secondary N) is 1. The molecule has 1 saturated carbocycles. The maximum absolute atomic E-state index is 12.4. The summed E-state index contributed by atoms with van der Waals surface area (Å²) in [6, 6.07) is 8.04. The summed E-state index contributed by atoms with van der Waals surface area (Å²) in [5, 5.41) is 8.74. The van der Waals surface area contributed by atoms with Crippen LogP contribution >= 0.6 is 0 Å². The van der Waals surface area contributed by atoms with Gasteiger partial charge in [-0.15, -0.1) is 0 Å². The van der Waals surface area contributed by atoms with E-state index in [0.717, 1.165) is 19.3 Å². The Bertz CT molecular complexity index is 587. The minimum atomic E-state index is -3.49. The zero-order valence-corrected chi connectivity index (χ0v) is 12.5. The van der Waals surface area contributed by atoms with Crippen molar-refractivity contribution in [3.63, 3.8) is 0 Å². The topological polar surface area (TPSA) is 70.0 Å². The second-order valence-electron chi connectivity index (χ2n) is 5.48. The predicted molar refractivity (Wildman–Crippen MR) is 77.5 cm³/mol. The molecular formula is C15H20N2O2S. The van der Waals surface area contributed by atoms with Gasteiger partial charge in [0.1, 0.15) is 0 Å². The number of benzene rings is 1. The van der Waals surface area contributed by atoms with Gasteiger partial charge >= 0.3 is 0 Å². The molecule has 0 aliphatic heterocycles. The molecule has 0 radical (unpaired) electrons. The Labute approximate surface area is 120 Å². The molecule has 1 aromatic carbocycles. The summed E-state index contributed by atoms with van der Waals surface area (Å²) in [5.74, 6) is 0.366. The third-order valence-corrected chi connectivity index (χ3v) is 5.47. The Kier molecular flexibility index (Phi) is 4.79. The van der Waals surface area contributed by atoms with Crippen molar-refractivity contribution in [1.29, 1.82) is 5.26 Å². The second kappa shape index (κ2) is 6.38. The molecule has 0 aromatic heterocycles. The summed E-state index contributed by atoms with van der Waals surface area (Å²) in [6.07, 6.45) is 5.40. The molecule has 0 saturated heterocycles. The van der Waals surface area contributed by atoms with Crippen molar-refractivity contribution < 1.29 is 8.42 Å². The normalized spacial score (nSPS) is 23.8. The molecule has 0 bridgehead atoms. The minimum Gasteiger partial charge on any atom is -0.208 e. The zero-order valence-electron chi connectivity index (χ0n) is 11.7. The van der Waals surface area contributed by atoms with Gasteiger partial charge in [-0.2, -0.15) is 5.26 Å². The molecule has 4 nitrogen and oxygen atoms in total. The summed E-state index contributed by atoms with van der Waals surface area (Å²) < 4.78 is 27.6. The monoisotopic (exact) mass is 292 g/mol. The van der Waals surface area contributed by atoms with Crippen molar-refractivity contribution in [2.45, 2.75) is 50.0 Å². The summed E-state index contributed by atoms with van der Waals surface area (Å²) in [5.41, 5.74) is 0.465.